The maximum Gasteiger partial charge on any atom is 0.195 e. The molecule has 0 N–H and O–H groups in total. The Bertz CT molecular complexity index is 753. The first-order valence-corrected chi connectivity index (χ1v) is 6.39. The highest BCUT2D eigenvalue weighted by atomic mass is 35.5. The minimum absolute atomic E-state index is 0.111. The number of ketones is 1. The van der Waals surface area contributed by atoms with E-state index in [0.717, 1.165) is 0 Å². The number of carbonyl (C=O) groups is 1. The Hall–Kier alpha value is -2.46. The fraction of sp³-hybridized carbons (Fsp3) is 0. The van der Waals surface area contributed by atoms with Crippen molar-refractivity contribution < 1.29 is 4.79 Å². The van der Waals surface area contributed by atoms with Gasteiger partial charge in [-0.05, 0) is 24.3 Å². The lowest BCUT2D eigenvalue weighted by Gasteiger charge is -2.07. The quantitative estimate of drug-likeness (QED) is 0.694. The van der Waals surface area contributed by atoms with Gasteiger partial charge in [-0.2, -0.15) is 15.0 Å². The summed E-state index contributed by atoms with van der Waals surface area (Å²) in [7, 11) is 0. The third-order valence-electron chi connectivity index (χ3n) is 2.87. The van der Waals surface area contributed by atoms with Crippen LogP contribution < -0.4 is 0 Å². The maximum atomic E-state index is 12.6. The van der Waals surface area contributed by atoms with Crippen LogP contribution in [0.15, 0.2) is 60.9 Å². The Balaban J connectivity index is 2.09. The first kappa shape index (κ1) is 12.6. The fourth-order valence-corrected chi connectivity index (χ4v) is 2.16. The molecular weight excluding hydrogens is 274 g/mol. The van der Waals surface area contributed by atoms with E-state index in [1.165, 1.54) is 4.80 Å². The van der Waals surface area contributed by atoms with Gasteiger partial charge in [0.1, 0.15) is 0 Å². The van der Waals surface area contributed by atoms with Crippen LogP contribution in [0.2, 0.25) is 5.02 Å². The number of hydrogen-bond donors (Lipinski definition) is 0. The van der Waals surface area contributed by atoms with Crippen LogP contribution in [0.5, 0.6) is 0 Å². The van der Waals surface area contributed by atoms with Gasteiger partial charge in [-0.3, -0.25) is 4.79 Å². The molecule has 1 aromatic heterocycles. The molecule has 0 amide bonds. The summed E-state index contributed by atoms with van der Waals surface area (Å²) in [6, 6.07) is 14.1. The average Bonchev–Trinajstić information content (AvgIpc) is 3.00. The zero-order valence-corrected chi connectivity index (χ0v) is 11.2. The molecule has 0 aliphatic rings. The minimum Gasteiger partial charge on any atom is -0.289 e. The standard InChI is InChI=1S/C15H10ClN3O/c16-12-5-3-4-11(10-12)15(20)13-6-1-2-7-14(13)19-17-8-9-18-19/h1-10H. The van der Waals surface area contributed by atoms with Gasteiger partial charge < -0.3 is 0 Å². The number of rotatable bonds is 3. The smallest absolute Gasteiger partial charge is 0.195 e. The molecule has 98 valence electrons. The predicted molar refractivity (Wildman–Crippen MR) is 76.2 cm³/mol. The molecule has 0 spiro atoms. The summed E-state index contributed by atoms with van der Waals surface area (Å²) in [5.41, 5.74) is 1.71. The van der Waals surface area contributed by atoms with Crippen molar-refractivity contribution in [3.8, 4) is 5.69 Å². The van der Waals surface area contributed by atoms with E-state index in [9.17, 15) is 4.79 Å². The first-order chi connectivity index (χ1) is 9.75. The molecule has 0 saturated heterocycles. The van der Waals surface area contributed by atoms with Gasteiger partial charge in [0.25, 0.3) is 0 Å². The molecule has 0 saturated carbocycles. The van der Waals surface area contributed by atoms with E-state index in [-0.39, 0.29) is 5.78 Å². The Kier molecular flexibility index (Phi) is 3.31. The number of para-hydroxylation sites is 1. The highest BCUT2D eigenvalue weighted by molar-refractivity contribution is 6.31. The number of aromatic nitrogens is 3. The van der Waals surface area contributed by atoms with Crippen LogP contribution in [0.3, 0.4) is 0 Å². The fourth-order valence-electron chi connectivity index (χ4n) is 1.97. The molecule has 3 rings (SSSR count). The number of halogens is 1. The molecule has 0 aliphatic carbocycles. The van der Waals surface area contributed by atoms with Gasteiger partial charge in [0.2, 0.25) is 0 Å². The average molecular weight is 284 g/mol. The highest BCUT2D eigenvalue weighted by Crippen LogP contribution is 2.19. The molecule has 2 aromatic carbocycles. The summed E-state index contributed by atoms with van der Waals surface area (Å²) in [5, 5.41) is 8.67. The summed E-state index contributed by atoms with van der Waals surface area (Å²) >= 11 is 5.93. The van der Waals surface area contributed by atoms with E-state index in [2.05, 4.69) is 10.2 Å². The van der Waals surface area contributed by atoms with E-state index < -0.39 is 0 Å². The highest BCUT2D eigenvalue weighted by Gasteiger charge is 2.15. The molecule has 4 nitrogen and oxygen atoms in total. The third-order valence-corrected chi connectivity index (χ3v) is 3.10. The van der Waals surface area contributed by atoms with E-state index in [1.54, 1.807) is 48.8 Å². The largest absolute Gasteiger partial charge is 0.289 e. The second kappa shape index (κ2) is 5.27. The van der Waals surface area contributed by atoms with Crippen molar-refractivity contribution in [1.82, 2.24) is 15.0 Å². The summed E-state index contributed by atoms with van der Waals surface area (Å²) in [6.07, 6.45) is 3.14. The number of benzene rings is 2. The topological polar surface area (TPSA) is 47.8 Å². The van der Waals surface area contributed by atoms with Crippen LogP contribution in [0.1, 0.15) is 15.9 Å². The van der Waals surface area contributed by atoms with Gasteiger partial charge in [-0.15, -0.1) is 0 Å². The van der Waals surface area contributed by atoms with Crippen molar-refractivity contribution >= 4 is 17.4 Å². The zero-order chi connectivity index (χ0) is 13.9. The van der Waals surface area contributed by atoms with E-state index >= 15 is 0 Å². The van der Waals surface area contributed by atoms with Crippen LogP contribution in [-0.4, -0.2) is 20.8 Å². The molecule has 5 heteroatoms. The molecule has 3 aromatic rings. The molecule has 1 heterocycles. The first-order valence-electron chi connectivity index (χ1n) is 6.02. The van der Waals surface area contributed by atoms with E-state index in [0.29, 0.717) is 21.8 Å². The van der Waals surface area contributed by atoms with Crippen LogP contribution >= 0.6 is 11.6 Å². The second-order valence-electron chi connectivity index (χ2n) is 4.18. The molecule has 0 atom stereocenters. The summed E-state index contributed by atoms with van der Waals surface area (Å²) < 4.78 is 0. The third kappa shape index (κ3) is 2.33. The second-order valence-corrected chi connectivity index (χ2v) is 4.61. The number of carbonyl (C=O) groups excluding carboxylic acids is 1. The van der Waals surface area contributed by atoms with E-state index in [4.69, 9.17) is 11.6 Å². The monoisotopic (exact) mass is 283 g/mol. The van der Waals surface area contributed by atoms with Crippen molar-refractivity contribution in [3.05, 3.63) is 77.1 Å². The van der Waals surface area contributed by atoms with Crippen LogP contribution in [0.25, 0.3) is 5.69 Å². The van der Waals surface area contributed by atoms with Crippen molar-refractivity contribution in [2.24, 2.45) is 0 Å². The van der Waals surface area contributed by atoms with Crippen molar-refractivity contribution in [2.75, 3.05) is 0 Å². The molecular formula is C15H10ClN3O. The Morgan fingerprint density at radius 3 is 2.50 bits per heavy atom. The summed E-state index contributed by atoms with van der Waals surface area (Å²) in [6.45, 7) is 0. The van der Waals surface area contributed by atoms with Crippen LogP contribution in [-0.2, 0) is 0 Å². The van der Waals surface area contributed by atoms with Gasteiger partial charge in [-0.25, -0.2) is 0 Å². The van der Waals surface area contributed by atoms with Crippen LogP contribution in [0.4, 0.5) is 0 Å². The maximum absolute atomic E-state index is 12.6. The van der Waals surface area contributed by atoms with Crippen molar-refractivity contribution in [1.29, 1.82) is 0 Å². The van der Waals surface area contributed by atoms with Crippen molar-refractivity contribution in [2.45, 2.75) is 0 Å². The Morgan fingerprint density at radius 1 is 1.00 bits per heavy atom. The normalized spacial score (nSPS) is 10.4. The van der Waals surface area contributed by atoms with Gasteiger partial charge in [0.15, 0.2) is 5.78 Å². The molecule has 20 heavy (non-hydrogen) atoms. The lowest BCUT2D eigenvalue weighted by atomic mass is 10.0. The lowest BCUT2D eigenvalue weighted by Crippen LogP contribution is -2.09. The van der Waals surface area contributed by atoms with Gasteiger partial charge >= 0.3 is 0 Å². The van der Waals surface area contributed by atoms with Gasteiger partial charge in [0, 0.05) is 10.6 Å². The minimum atomic E-state index is -0.111. The predicted octanol–water partition coefficient (Wildman–Crippen LogP) is 3.15. The lowest BCUT2D eigenvalue weighted by molar-refractivity contribution is 0.103. The molecule has 0 radical (unpaired) electrons. The summed E-state index contributed by atoms with van der Waals surface area (Å²) in [4.78, 5) is 14.0. The SMILES string of the molecule is O=C(c1cccc(Cl)c1)c1ccccc1-n1nccn1. The van der Waals surface area contributed by atoms with Crippen LogP contribution in [0, 0.1) is 0 Å². The molecule has 0 unspecified atom stereocenters. The molecule has 0 fully saturated rings. The summed E-state index contributed by atoms with van der Waals surface area (Å²) in [5.74, 6) is -0.111. The van der Waals surface area contributed by atoms with Crippen molar-refractivity contribution in [3.63, 3.8) is 0 Å². The Labute approximate surface area is 120 Å². The zero-order valence-electron chi connectivity index (χ0n) is 10.4. The number of nitrogens with zero attached hydrogens (tertiary/aromatic N) is 3. The number of hydrogen-bond acceptors (Lipinski definition) is 3. The molecule has 0 aliphatic heterocycles. The van der Waals surface area contributed by atoms with E-state index in [1.807, 2.05) is 12.1 Å². The van der Waals surface area contributed by atoms with Gasteiger partial charge in [-0.1, -0.05) is 35.9 Å². The van der Waals surface area contributed by atoms with Gasteiger partial charge in [0.05, 0.1) is 23.6 Å². The molecule has 0 bridgehead atoms. The Morgan fingerprint density at radius 2 is 1.75 bits per heavy atom.